The number of hydrogen-bond donors (Lipinski definition) is 1. The SMILES string of the molecule is Cc1ccc(N)c(-c2nn3c(C(C)(C)C)nnc3s2)c1. The van der Waals surface area contributed by atoms with Gasteiger partial charge < -0.3 is 5.73 Å². The fraction of sp³-hybridized carbons (Fsp3) is 0.357. The Hall–Kier alpha value is -1.95. The van der Waals surface area contributed by atoms with E-state index in [2.05, 4.69) is 42.1 Å². The number of fused-ring (bicyclic) bond motifs is 1. The predicted molar refractivity (Wildman–Crippen MR) is 81.9 cm³/mol. The summed E-state index contributed by atoms with van der Waals surface area (Å²) >= 11 is 1.51. The fourth-order valence-corrected chi connectivity index (χ4v) is 2.93. The van der Waals surface area contributed by atoms with Crippen molar-refractivity contribution in [1.29, 1.82) is 0 Å². The molecule has 0 bridgehead atoms. The molecule has 5 nitrogen and oxygen atoms in total. The van der Waals surface area contributed by atoms with Crippen molar-refractivity contribution in [3.05, 3.63) is 29.6 Å². The lowest BCUT2D eigenvalue weighted by atomic mass is 9.96. The number of anilines is 1. The number of rotatable bonds is 1. The van der Waals surface area contributed by atoms with Gasteiger partial charge >= 0.3 is 0 Å². The summed E-state index contributed by atoms with van der Waals surface area (Å²) < 4.78 is 1.82. The number of nitrogens with zero attached hydrogens (tertiary/aromatic N) is 4. The molecule has 2 heterocycles. The Balaban J connectivity index is 2.19. The molecule has 20 heavy (non-hydrogen) atoms. The zero-order valence-electron chi connectivity index (χ0n) is 12.0. The minimum Gasteiger partial charge on any atom is -0.398 e. The monoisotopic (exact) mass is 287 g/mol. The van der Waals surface area contributed by atoms with Gasteiger partial charge in [-0.2, -0.15) is 9.61 Å². The Morgan fingerprint density at radius 1 is 1.20 bits per heavy atom. The number of nitrogen functional groups attached to an aromatic ring is 1. The van der Waals surface area contributed by atoms with E-state index in [9.17, 15) is 0 Å². The molecule has 0 unspecified atom stereocenters. The third-order valence-corrected chi connectivity index (χ3v) is 4.03. The number of aryl methyl sites for hydroxylation is 1. The van der Waals surface area contributed by atoms with Gasteiger partial charge in [0.15, 0.2) is 5.82 Å². The molecule has 2 N–H and O–H groups in total. The highest BCUT2D eigenvalue weighted by Crippen LogP contribution is 2.32. The van der Waals surface area contributed by atoms with E-state index in [1.54, 1.807) is 0 Å². The van der Waals surface area contributed by atoms with Crippen LogP contribution in [-0.2, 0) is 5.41 Å². The second kappa shape index (κ2) is 4.28. The van der Waals surface area contributed by atoms with Crippen LogP contribution in [0.4, 0.5) is 5.69 Å². The molecular formula is C14H17N5S. The lowest BCUT2D eigenvalue weighted by Crippen LogP contribution is -2.16. The Morgan fingerprint density at radius 2 is 1.95 bits per heavy atom. The normalized spacial score (nSPS) is 12.2. The largest absolute Gasteiger partial charge is 0.398 e. The van der Waals surface area contributed by atoms with Gasteiger partial charge in [-0.05, 0) is 19.1 Å². The average molecular weight is 287 g/mol. The average Bonchev–Trinajstić information content (AvgIpc) is 2.89. The highest BCUT2D eigenvalue weighted by Gasteiger charge is 2.23. The van der Waals surface area contributed by atoms with Crippen LogP contribution in [-0.4, -0.2) is 19.8 Å². The van der Waals surface area contributed by atoms with Gasteiger partial charge in [0.25, 0.3) is 0 Å². The van der Waals surface area contributed by atoms with Crippen molar-refractivity contribution in [2.45, 2.75) is 33.1 Å². The maximum absolute atomic E-state index is 6.06. The Bertz CT molecular complexity index is 779. The summed E-state index contributed by atoms with van der Waals surface area (Å²) in [6.45, 7) is 8.35. The van der Waals surface area contributed by atoms with Crippen molar-refractivity contribution in [2.24, 2.45) is 0 Å². The van der Waals surface area contributed by atoms with Crippen LogP contribution in [0.5, 0.6) is 0 Å². The molecule has 6 heteroatoms. The summed E-state index contributed by atoms with van der Waals surface area (Å²) in [5.41, 5.74) is 8.82. The molecule has 0 fully saturated rings. The van der Waals surface area contributed by atoms with Gasteiger partial charge in [-0.1, -0.05) is 43.7 Å². The number of nitrogens with two attached hydrogens (primary N) is 1. The van der Waals surface area contributed by atoms with Crippen molar-refractivity contribution >= 4 is 22.0 Å². The van der Waals surface area contributed by atoms with E-state index in [4.69, 9.17) is 5.73 Å². The summed E-state index contributed by atoms with van der Waals surface area (Å²) in [6.07, 6.45) is 0. The molecular weight excluding hydrogens is 270 g/mol. The Morgan fingerprint density at radius 3 is 2.65 bits per heavy atom. The number of benzene rings is 1. The maximum atomic E-state index is 6.06. The second-order valence-corrected chi connectivity index (χ2v) is 6.92. The van der Waals surface area contributed by atoms with Crippen LogP contribution in [0, 0.1) is 6.92 Å². The first-order valence-corrected chi connectivity index (χ1v) is 7.27. The van der Waals surface area contributed by atoms with E-state index in [0.29, 0.717) is 0 Å². The zero-order valence-corrected chi connectivity index (χ0v) is 12.8. The summed E-state index contributed by atoms with van der Waals surface area (Å²) in [5, 5.41) is 14.0. The summed E-state index contributed by atoms with van der Waals surface area (Å²) in [4.78, 5) is 0.797. The fourth-order valence-electron chi connectivity index (χ4n) is 2.05. The standard InChI is InChI=1S/C14H17N5S/c1-8-5-6-10(15)9(7-8)11-18-19-12(14(2,3)4)16-17-13(19)20-11/h5-7H,15H2,1-4H3. The molecule has 0 aliphatic rings. The predicted octanol–water partition coefficient (Wildman–Crippen LogP) is 3.04. The Labute approximate surface area is 121 Å². The van der Waals surface area contributed by atoms with Crippen molar-refractivity contribution in [3.8, 4) is 10.6 Å². The molecule has 0 aliphatic carbocycles. The molecule has 3 aromatic rings. The third-order valence-electron chi connectivity index (χ3n) is 3.10. The molecule has 0 atom stereocenters. The molecule has 0 saturated heterocycles. The van der Waals surface area contributed by atoms with Gasteiger partial charge in [0.2, 0.25) is 4.96 Å². The lowest BCUT2D eigenvalue weighted by Gasteiger charge is -2.13. The van der Waals surface area contributed by atoms with E-state index < -0.39 is 0 Å². The second-order valence-electron chi connectivity index (χ2n) is 5.97. The molecule has 3 rings (SSSR count). The molecule has 0 amide bonds. The minimum atomic E-state index is -0.0943. The molecule has 1 aromatic carbocycles. The van der Waals surface area contributed by atoms with Gasteiger partial charge in [0, 0.05) is 16.7 Å². The smallest absolute Gasteiger partial charge is 0.235 e. The van der Waals surface area contributed by atoms with E-state index in [-0.39, 0.29) is 5.41 Å². The van der Waals surface area contributed by atoms with Gasteiger partial charge in [-0.3, -0.25) is 0 Å². The van der Waals surface area contributed by atoms with Crippen molar-refractivity contribution in [1.82, 2.24) is 19.8 Å². The van der Waals surface area contributed by atoms with Crippen molar-refractivity contribution in [2.75, 3.05) is 5.73 Å². The summed E-state index contributed by atoms with van der Waals surface area (Å²) in [5.74, 6) is 0.862. The molecule has 0 aliphatic heterocycles. The number of hydrogen-bond acceptors (Lipinski definition) is 5. The maximum Gasteiger partial charge on any atom is 0.235 e. The van der Waals surface area contributed by atoms with Gasteiger partial charge in [-0.15, -0.1) is 10.2 Å². The number of aromatic nitrogens is 4. The summed E-state index contributed by atoms with van der Waals surface area (Å²) in [6, 6.07) is 5.97. The first-order chi connectivity index (χ1) is 9.36. The van der Waals surface area contributed by atoms with Crippen LogP contribution < -0.4 is 5.73 Å². The van der Waals surface area contributed by atoms with E-state index >= 15 is 0 Å². The van der Waals surface area contributed by atoms with E-state index in [0.717, 1.165) is 32.6 Å². The highest BCUT2D eigenvalue weighted by atomic mass is 32.1. The highest BCUT2D eigenvalue weighted by molar-refractivity contribution is 7.19. The molecule has 104 valence electrons. The molecule has 0 radical (unpaired) electrons. The van der Waals surface area contributed by atoms with Crippen LogP contribution in [0.1, 0.15) is 32.2 Å². The van der Waals surface area contributed by atoms with Crippen LogP contribution in [0.3, 0.4) is 0 Å². The first-order valence-electron chi connectivity index (χ1n) is 6.45. The van der Waals surface area contributed by atoms with E-state index in [1.165, 1.54) is 11.3 Å². The van der Waals surface area contributed by atoms with Gasteiger partial charge in [-0.25, -0.2) is 0 Å². The van der Waals surface area contributed by atoms with Crippen molar-refractivity contribution < 1.29 is 0 Å². The topological polar surface area (TPSA) is 69.1 Å². The quantitative estimate of drug-likeness (QED) is 0.698. The van der Waals surface area contributed by atoms with Crippen LogP contribution >= 0.6 is 11.3 Å². The van der Waals surface area contributed by atoms with E-state index in [1.807, 2.05) is 23.6 Å². The Kier molecular flexibility index (Phi) is 2.79. The van der Waals surface area contributed by atoms with Crippen LogP contribution in [0.15, 0.2) is 18.2 Å². The first kappa shape index (κ1) is 13.1. The molecule has 0 spiro atoms. The van der Waals surface area contributed by atoms with Crippen molar-refractivity contribution in [3.63, 3.8) is 0 Å². The minimum absolute atomic E-state index is 0.0943. The van der Waals surface area contributed by atoms with Crippen LogP contribution in [0.25, 0.3) is 15.5 Å². The third kappa shape index (κ3) is 2.06. The lowest BCUT2D eigenvalue weighted by molar-refractivity contribution is 0.528. The molecule has 0 saturated carbocycles. The van der Waals surface area contributed by atoms with Gasteiger partial charge in [0.1, 0.15) is 5.01 Å². The zero-order chi connectivity index (χ0) is 14.5. The van der Waals surface area contributed by atoms with Gasteiger partial charge in [0.05, 0.1) is 0 Å². The summed E-state index contributed by atoms with van der Waals surface area (Å²) in [7, 11) is 0. The molecule has 2 aromatic heterocycles. The van der Waals surface area contributed by atoms with Crippen LogP contribution in [0.2, 0.25) is 0 Å².